The van der Waals surface area contributed by atoms with Gasteiger partial charge in [-0.25, -0.2) is 0 Å². The van der Waals surface area contributed by atoms with Gasteiger partial charge in [0.1, 0.15) is 6.33 Å². The highest BCUT2D eigenvalue weighted by atomic mass is 15.2. The van der Waals surface area contributed by atoms with Crippen molar-refractivity contribution >= 4 is 11.3 Å². The van der Waals surface area contributed by atoms with E-state index in [0.29, 0.717) is 0 Å². The zero-order valence-electron chi connectivity index (χ0n) is 6.86. The molecule has 4 nitrogen and oxygen atoms in total. The van der Waals surface area contributed by atoms with Gasteiger partial charge in [0.2, 0.25) is 0 Å². The van der Waals surface area contributed by atoms with E-state index in [1.807, 2.05) is 22.7 Å². The third kappa shape index (κ3) is 1.11. The Bertz CT molecular complexity index is 379. The van der Waals surface area contributed by atoms with Crippen molar-refractivity contribution in [3.8, 4) is 0 Å². The van der Waals surface area contributed by atoms with E-state index in [9.17, 15) is 0 Å². The SMILES string of the molecule is CCNc1ccn2cnnc2c1. The number of fused-ring (bicyclic) bond motifs is 1. The Kier molecular flexibility index (Phi) is 1.66. The Hall–Kier alpha value is -1.58. The largest absolute Gasteiger partial charge is 0.385 e. The molecule has 0 atom stereocenters. The first-order valence-electron chi connectivity index (χ1n) is 3.93. The van der Waals surface area contributed by atoms with Gasteiger partial charge in [0, 0.05) is 24.5 Å². The molecular formula is C8H10N4. The second kappa shape index (κ2) is 2.81. The Morgan fingerprint density at radius 1 is 1.58 bits per heavy atom. The molecule has 0 amide bonds. The minimum Gasteiger partial charge on any atom is -0.385 e. The third-order valence-corrected chi connectivity index (χ3v) is 1.68. The lowest BCUT2D eigenvalue weighted by Crippen LogP contribution is -1.96. The van der Waals surface area contributed by atoms with Crippen LogP contribution in [0, 0.1) is 0 Å². The standard InChI is InChI=1S/C8H10N4/c1-2-9-7-3-4-12-6-10-11-8(12)5-7/h3-6,9H,2H2,1H3. The van der Waals surface area contributed by atoms with Crippen molar-refractivity contribution in [1.82, 2.24) is 14.6 Å². The molecule has 62 valence electrons. The normalized spacial score (nSPS) is 10.4. The molecule has 2 aromatic heterocycles. The van der Waals surface area contributed by atoms with Crippen LogP contribution in [0.2, 0.25) is 0 Å². The van der Waals surface area contributed by atoms with Crippen LogP contribution in [-0.2, 0) is 0 Å². The quantitative estimate of drug-likeness (QED) is 0.720. The number of pyridine rings is 1. The molecule has 2 heterocycles. The molecule has 4 heteroatoms. The van der Waals surface area contributed by atoms with Crippen molar-refractivity contribution in [1.29, 1.82) is 0 Å². The second-order valence-electron chi connectivity index (χ2n) is 2.54. The van der Waals surface area contributed by atoms with E-state index in [0.717, 1.165) is 17.9 Å². The van der Waals surface area contributed by atoms with E-state index >= 15 is 0 Å². The summed E-state index contributed by atoms with van der Waals surface area (Å²) in [6.45, 7) is 2.98. The Morgan fingerprint density at radius 3 is 3.33 bits per heavy atom. The maximum Gasteiger partial charge on any atom is 0.162 e. The summed E-state index contributed by atoms with van der Waals surface area (Å²) >= 11 is 0. The number of hydrogen-bond donors (Lipinski definition) is 1. The highest BCUT2D eigenvalue weighted by Gasteiger charge is 1.95. The van der Waals surface area contributed by atoms with Crippen LogP contribution in [0.15, 0.2) is 24.7 Å². The molecule has 0 aromatic carbocycles. The number of nitrogens with one attached hydrogen (secondary N) is 1. The second-order valence-corrected chi connectivity index (χ2v) is 2.54. The van der Waals surface area contributed by atoms with Crippen molar-refractivity contribution in [2.75, 3.05) is 11.9 Å². The number of anilines is 1. The van der Waals surface area contributed by atoms with Crippen molar-refractivity contribution < 1.29 is 0 Å². The van der Waals surface area contributed by atoms with E-state index < -0.39 is 0 Å². The number of hydrogen-bond acceptors (Lipinski definition) is 3. The van der Waals surface area contributed by atoms with Gasteiger partial charge in [-0.05, 0) is 13.0 Å². The van der Waals surface area contributed by atoms with Crippen LogP contribution < -0.4 is 5.32 Å². The first-order valence-corrected chi connectivity index (χ1v) is 3.93. The van der Waals surface area contributed by atoms with Crippen molar-refractivity contribution in [3.05, 3.63) is 24.7 Å². The zero-order chi connectivity index (χ0) is 8.39. The molecule has 0 aliphatic heterocycles. The number of nitrogens with zero attached hydrogens (tertiary/aromatic N) is 3. The van der Waals surface area contributed by atoms with Crippen LogP contribution in [-0.4, -0.2) is 21.1 Å². The van der Waals surface area contributed by atoms with Gasteiger partial charge >= 0.3 is 0 Å². The molecule has 0 saturated heterocycles. The smallest absolute Gasteiger partial charge is 0.162 e. The Labute approximate surface area is 70.2 Å². The molecule has 0 aliphatic carbocycles. The summed E-state index contributed by atoms with van der Waals surface area (Å²) in [6, 6.07) is 3.97. The minimum absolute atomic E-state index is 0.869. The van der Waals surface area contributed by atoms with E-state index in [1.165, 1.54) is 0 Å². The molecule has 2 rings (SSSR count). The molecule has 0 bridgehead atoms. The fourth-order valence-electron chi connectivity index (χ4n) is 1.13. The van der Waals surface area contributed by atoms with Crippen molar-refractivity contribution in [2.45, 2.75) is 6.92 Å². The lowest BCUT2D eigenvalue weighted by molar-refractivity contribution is 1.10. The van der Waals surface area contributed by atoms with Gasteiger partial charge in [0.05, 0.1) is 0 Å². The van der Waals surface area contributed by atoms with Gasteiger partial charge in [-0.1, -0.05) is 0 Å². The number of rotatable bonds is 2. The van der Waals surface area contributed by atoms with Crippen molar-refractivity contribution in [2.24, 2.45) is 0 Å². The molecule has 0 unspecified atom stereocenters. The summed E-state index contributed by atoms with van der Waals surface area (Å²) in [5.74, 6) is 0. The minimum atomic E-state index is 0.869. The topological polar surface area (TPSA) is 42.2 Å². The molecule has 0 fully saturated rings. The zero-order valence-corrected chi connectivity index (χ0v) is 6.86. The summed E-state index contributed by atoms with van der Waals surface area (Å²) < 4.78 is 1.88. The van der Waals surface area contributed by atoms with Gasteiger partial charge in [-0.15, -0.1) is 10.2 Å². The predicted molar refractivity (Wildman–Crippen MR) is 47.2 cm³/mol. The fraction of sp³-hybridized carbons (Fsp3) is 0.250. The first kappa shape index (κ1) is 7.09. The fourth-order valence-corrected chi connectivity index (χ4v) is 1.13. The lowest BCUT2D eigenvalue weighted by atomic mass is 10.4. The summed E-state index contributed by atoms with van der Waals surface area (Å²) in [6.07, 6.45) is 3.62. The van der Waals surface area contributed by atoms with Crippen LogP contribution >= 0.6 is 0 Å². The van der Waals surface area contributed by atoms with Gasteiger partial charge in [-0.3, -0.25) is 4.40 Å². The summed E-state index contributed by atoms with van der Waals surface area (Å²) in [5.41, 5.74) is 1.95. The Balaban J connectivity index is 2.46. The molecular weight excluding hydrogens is 152 g/mol. The molecule has 0 saturated carbocycles. The average Bonchev–Trinajstić information content (AvgIpc) is 2.51. The van der Waals surface area contributed by atoms with Gasteiger partial charge in [0.15, 0.2) is 5.65 Å². The molecule has 12 heavy (non-hydrogen) atoms. The van der Waals surface area contributed by atoms with Gasteiger partial charge in [-0.2, -0.15) is 0 Å². The predicted octanol–water partition coefficient (Wildman–Crippen LogP) is 1.16. The van der Waals surface area contributed by atoms with Gasteiger partial charge in [0.25, 0.3) is 0 Å². The molecule has 2 aromatic rings. The Morgan fingerprint density at radius 2 is 2.50 bits per heavy atom. The third-order valence-electron chi connectivity index (χ3n) is 1.68. The van der Waals surface area contributed by atoms with E-state index in [4.69, 9.17) is 0 Å². The summed E-state index contributed by atoms with van der Waals surface area (Å²) in [5, 5.41) is 10.9. The molecule has 0 aliphatic rings. The first-order chi connectivity index (χ1) is 5.90. The highest BCUT2D eigenvalue weighted by Crippen LogP contribution is 2.08. The van der Waals surface area contributed by atoms with Crippen LogP contribution in [0.4, 0.5) is 5.69 Å². The van der Waals surface area contributed by atoms with Crippen molar-refractivity contribution in [3.63, 3.8) is 0 Å². The van der Waals surface area contributed by atoms with E-state index in [2.05, 4.69) is 22.4 Å². The monoisotopic (exact) mass is 162 g/mol. The van der Waals surface area contributed by atoms with Crippen LogP contribution in [0.25, 0.3) is 5.65 Å². The van der Waals surface area contributed by atoms with E-state index in [1.54, 1.807) is 6.33 Å². The van der Waals surface area contributed by atoms with Gasteiger partial charge < -0.3 is 5.32 Å². The lowest BCUT2D eigenvalue weighted by Gasteiger charge is -2.01. The maximum absolute atomic E-state index is 3.93. The molecule has 1 N–H and O–H groups in total. The van der Waals surface area contributed by atoms with Crippen LogP contribution in [0.1, 0.15) is 6.92 Å². The summed E-state index contributed by atoms with van der Waals surface area (Å²) in [4.78, 5) is 0. The average molecular weight is 162 g/mol. The van der Waals surface area contributed by atoms with Crippen LogP contribution in [0.5, 0.6) is 0 Å². The summed E-state index contributed by atoms with van der Waals surface area (Å²) in [7, 11) is 0. The maximum atomic E-state index is 3.93. The van der Waals surface area contributed by atoms with E-state index in [-0.39, 0.29) is 0 Å². The molecule has 0 spiro atoms. The number of aromatic nitrogens is 3. The van der Waals surface area contributed by atoms with Crippen LogP contribution in [0.3, 0.4) is 0 Å². The molecule has 0 radical (unpaired) electrons. The highest BCUT2D eigenvalue weighted by molar-refractivity contribution is 5.53.